The lowest BCUT2D eigenvalue weighted by Crippen LogP contribution is -2.00. The molecule has 5 heteroatoms. The van der Waals surface area contributed by atoms with Crippen molar-refractivity contribution < 1.29 is 14.6 Å². The molecular weight excluding hydrogens is 286 g/mol. The van der Waals surface area contributed by atoms with Gasteiger partial charge in [0.1, 0.15) is 0 Å². The summed E-state index contributed by atoms with van der Waals surface area (Å²) in [6.07, 6.45) is 1.14. The number of benzene rings is 1. The quantitative estimate of drug-likeness (QED) is 0.820. The highest BCUT2D eigenvalue weighted by molar-refractivity contribution is 9.10. The zero-order chi connectivity index (χ0) is 12.7. The summed E-state index contributed by atoms with van der Waals surface area (Å²) in [6.45, 7) is 0.407. The molecule has 0 heterocycles. The van der Waals surface area contributed by atoms with Gasteiger partial charge in [-0.15, -0.1) is 0 Å². The van der Waals surface area contributed by atoms with Crippen LogP contribution >= 0.6 is 15.9 Å². The SMILES string of the molecule is COc1cc(CO)cc(Br)c1OCCCC#N. The summed E-state index contributed by atoms with van der Waals surface area (Å²) in [5.74, 6) is 1.17. The van der Waals surface area contributed by atoms with Gasteiger partial charge in [0.15, 0.2) is 11.5 Å². The summed E-state index contributed by atoms with van der Waals surface area (Å²) in [5, 5.41) is 17.5. The fourth-order valence-electron chi connectivity index (χ4n) is 1.33. The first-order valence-electron chi connectivity index (χ1n) is 5.20. The molecule has 0 amide bonds. The van der Waals surface area contributed by atoms with Gasteiger partial charge in [-0.1, -0.05) is 0 Å². The molecule has 1 N–H and O–H groups in total. The second kappa shape index (κ2) is 7.15. The Balaban J connectivity index is 2.79. The van der Waals surface area contributed by atoms with Crippen molar-refractivity contribution in [2.75, 3.05) is 13.7 Å². The highest BCUT2D eigenvalue weighted by atomic mass is 79.9. The van der Waals surface area contributed by atoms with Crippen LogP contribution < -0.4 is 9.47 Å². The van der Waals surface area contributed by atoms with Crippen LogP contribution in [-0.4, -0.2) is 18.8 Å². The topological polar surface area (TPSA) is 62.5 Å². The lowest BCUT2D eigenvalue weighted by molar-refractivity contribution is 0.275. The summed E-state index contributed by atoms with van der Waals surface area (Å²) in [5.41, 5.74) is 0.748. The zero-order valence-electron chi connectivity index (χ0n) is 9.57. The van der Waals surface area contributed by atoms with Gasteiger partial charge in [0.2, 0.25) is 0 Å². The Hall–Kier alpha value is -1.25. The predicted octanol–water partition coefficient (Wildman–Crippen LogP) is 2.63. The van der Waals surface area contributed by atoms with E-state index >= 15 is 0 Å². The number of aliphatic hydroxyl groups is 1. The third-order valence-electron chi connectivity index (χ3n) is 2.15. The molecule has 0 aliphatic carbocycles. The normalized spacial score (nSPS) is 9.76. The van der Waals surface area contributed by atoms with E-state index in [1.807, 2.05) is 0 Å². The first-order chi connectivity index (χ1) is 8.22. The van der Waals surface area contributed by atoms with Gasteiger partial charge < -0.3 is 14.6 Å². The van der Waals surface area contributed by atoms with Gasteiger partial charge in [0.25, 0.3) is 0 Å². The molecule has 4 nitrogen and oxygen atoms in total. The molecule has 92 valence electrons. The summed E-state index contributed by atoms with van der Waals surface area (Å²) in [7, 11) is 1.55. The molecule has 0 spiro atoms. The van der Waals surface area contributed by atoms with Crippen LogP contribution in [0.4, 0.5) is 0 Å². The summed E-state index contributed by atoms with van der Waals surface area (Å²) < 4.78 is 11.5. The van der Waals surface area contributed by atoms with E-state index in [4.69, 9.17) is 19.8 Å². The zero-order valence-corrected chi connectivity index (χ0v) is 11.2. The third kappa shape index (κ3) is 3.91. The van der Waals surface area contributed by atoms with Crippen LogP contribution in [0.15, 0.2) is 16.6 Å². The molecule has 0 aliphatic heterocycles. The largest absolute Gasteiger partial charge is 0.493 e. The molecule has 1 aromatic carbocycles. The molecular formula is C12H14BrNO3. The van der Waals surface area contributed by atoms with Crippen LogP contribution in [0.3, 0.4) is 0 Å². The Labute approximate surface area is 109 Å². The van der Waals surface area contributed by atoms with E-state index in [-0.39, 0.29) is 6.61 Å². The number of aliphatic hydroxyl groups excluding tert-OH is 1. The van der Waals surface area contributed by atoms with Crippen LogP contribution in [-0.2, 0) is 6.61 Å². The molecule has 0 saturated carbocycles. The van der Waals surface area contributed by atoms with Gasteiger partial charge in [0, 0.05) is 6.42 Å². The average molecular weight is 300 g/mol. The Bertz CT molecular complexity index is 415. The fraction of sp³-hybridized carbons (Fsp3) is 0.417. The highest BCUT2D eigenvalue weighted by Crippen LogP contribution is 2.36. The Morgan fingerprint density at radius 2 is 2.24 bits per heavy atom. The summed E-state index contributed by atoms with van der Waals surface area (Å²) in [6, 6.07) is 5.57. The first-order valence-corrected chi connectivity index (χ1v) is 5.99. The fourth-order valence-corrected chi connectivity index (χ4v) is 1.93. The Morgan fingerprint density at radius 1 is 1.47 bits per heavy atom. The number of nitriles is 1. The van der Waals surface area contributed by atoms with E-state index in [9.17, 15) is 0 Å². The van der Waals surface area contributed by atoms with E-state index in [2.05, 4.69) is 22.0 Å². The van der Waals surface area contributed by atoms with Crippen molar-refractivity contribution in [1.82, 2.24) is 0 Å². The maximum Gasteiger partial charge on any atom is 0.175 e. The van der Waals surface area contributed by atoms with Crippen LogP contribution in [0.1, 0.15) is 18.4 Å². The minimum atomic E-state index is -0.0519. The van der Waals surface area contributed by atoms with E-state index in [1.165, 1.54) is 0 Å². The lowest BCUT2D eigenvalue weighted by atomic mass is 10.2. The first kappa shape index (κ1) is 13.8. The summed E-state index contributed by atoms with van der Waals surface area (Å²) >= 11 is 3.37. The van der Waals surface area contributed by atoms with E-state index in [0.717, 1.165) is 10.0 Å². The lowest BCUT2D eigenvalue weighted by Gasteiger charge is -2.13. The van der Waals surface area contributed by atoms with Gasteiger partial charge in [-0.3, -0.25) is 0 Å². The van der Waals surface area contributed by atoms with Gasteiger partial charge in [-0.25, -0.2) is 0 Å². The van der Waals surface area contributed by atoms with Crippen molar-refractivity contribution in [3.05, 3.63) is 22.2 Å². The number of rotatable bonds is 6. The number of halogens is 1. The van der Waals surface area contributed by atoms with Crippen molar-refractivity contribution in [3.63, 3.8) is 0 Å². The molecule has 0 saturated heterocycles. The number of methoxy groups -OCH3 is 1. The Morgan fingerprint density at radius 3 is 2.82 bits per heavy atom. The monoisotopic (exact) mass is 299 g/mol. The molecule has 0 atom stereocenters. The van der Waals surface area contributed by atoms with E-state index < -0.39 is 0 Å². The molecule has 0 bridgehead atoms. The standard InChI is InChI=1S/C12H14BrNO3/c1-16-11-7-9(8-15)6-10(13)12(11)17-5-3-2-4-14/h6-7,15H,2-3,5,8H2,1H3. The van der Waals surface area contributed by atoms with Gasteiger partial charge >= 0.3 is 0 Å². The van der Waals surface area contributed by atoms with Crippen molar-refractivity contribution >= 4 is 15.9 Å². The van der Waals surface area contributed by atoms with Gasteiger partial charge in [0.05, 0.1) is 30.9 Å². The molecule has 0 fully saturated rings. The predicted molar refractivity (Wildman–Crippen MR) is 67.0 cm³/mol. The number of hydrogen-bond acceptors (Lipinski definition) is 4. The minimum absolute atomic E-state index is 0.0519. The number of hydrogen-bond donors (Lipinski definition) is 1. The third-order valence-corrected chi connectivity index (χ3v) is 2.74. The van der Waals surface area contributed by atoms with Crippen LogP contribution in [0, 0.1) is 11.3 Å². The minimum Gasteiger partial charge on any atom is -0.493 e. The average Bonchev–Trinajstić information content (AvgIpc) is 2.35. The second-order valence-corrected chi connectivity index (χ2v) is 4.23. The molecule has 1 rings (SSSR count). The van der Waals surface area contributed by atoms with E-state index in [0.29, 0.717) is 30.9 Å². The Kier molecular flexibility index (Phi) is 5.81. The van der Waals surface area contributed by atoms with Crippen molar-refractivity contribution in [2.45, 2.75) is 19.4 Å². The maximum atomic E-state index is 9.07. The van der Waals surface area contributed by atoms with Crippen molar-refractivity contribution in [1.29, 1.82) is 5.26 Å². The molecule has 17 heavy (non-hydrogen) atoms. The van der Waals surface area contributed by atoms with Gasteiger partial charge in [-0.05, 0) is 40.0 Å². The summed E-state index contributed by atoms with van der Waals surface area (Å²) in [4.78, 5) is 0. The van der Waals surface area contributed by atoms with E-state index in [1.54, 1.807) is 19.2 Å². The highest BCUT2D eigenvalue weighted by Gasteiger charge is 2.11. The van der Waals surface area contributed by atoms with Crippen molar-refractivity contribution in [3.8, 4) is 17.6 Å². The maximum absolute atomic E-state index is 9.07. The number of nitrogens with zero attached hydrogens (tertiary/aromatic N) is 1. The molecule has 0 aliphatic rings. The van der Waals surface area contributed by atoms with Gasteiger partial charge in [-0.2, -0.15) is 5.26 Å². The molecule has 1 aromatic rings. The van der Waals surface area contributed by atoms with Crippen molar-refractivity contribution in [2.24, 2.45) is 0 Å². The second-order valence-electron chi connectivity index (χ2n) is 3.38. The molecule has 0 radical (unpaired) electrons. The van der Waals surface area contributed by atoms with Crippen LogP contribution in [0.5, 0.6) is 11.5 Å². The molecule has 0 aromatic heterocycles. The number of ether oxygens (including phenoxy) is 2. The van der Waals surface area contributed by atoms with Crippen LogP contribution in [0.25, 0.3) is 0 Å². The number of unbranched alkanes of at least 4 members (excludes halogenated alkanes) is 1. The van der Waals surface area contributed by atoms with Crippen LogP contribution in [0.2, 0.25) is 0 Å². The molecule has 0 unspecified atom stereocenters. The smallest absolute Gasteiger partial charge is 0.175 e.